The van der Waals surface area contributed by atoms with Crippen LogP contribution in [0, 0.1) is 0 Å². The zero-order valence-electron chi connectivity index (χ0n) is 12.6. The van der Waals surface area contributed by atoms with Gasteiger partial charge in [-0.2, -0.15) is 0 Å². The van der Waals surface area contributed by atoms with Crippen LogP contribution in [-0.2, 0) is 20.7 Å². The van der Waals surface area contributed by atoms with E-state index in [1.165, 1.54) is 23.1 Å². The number of thiazole rings is 1. The maximum atomic E-state index is 11.9. The summed E-state index contributed by atoms with van der Waals surface area (Å²) >= 11 is 7.98. The summed E-state index contributed by atoms with van der Waals surface area (Å²) in [4.78, 5) is 29.7. The van der Waals surface area contributed by atoms with Gasteiger partial charge in [-0.1, -0.05) is 11.8 Å². The highest BCUT2D eigenvalue weighted by Crippen LogP contribution is 2.38. The number of nitrogens with zero attached hydrogens (tertiary/aromatic N) is 1. The van der Waals surface area contributed by atoms with Gasteiger partial charge in [0.1, 0.15) is 5.01 Å². The number of hydrogen-bond donors (Lipinski definition) is 1. The molecule has 5 nitrogen and oxygen atoms in total. The Morgan fingerprint density at radius 2 is 2.38 bits per heavy atom. The number of amides is 1. The van der Waals surface area contributed by atoms with Gasteiger partial charge in [0, 0.05) is 15.4 Å². The predicted molar refractivity (Wildman–Crippen MR) is 102 cm³/mol. The lowest BCUT2D eigenvalue weighted by Gasteiger charge is -2.01. The molecule has 24 heavy (non-hydrogen) atoms. The molecule has 3 heterocycles. The molecule has 1 amide bonds. The van der Waals surface area contributed by atoms with E-state index in [0.29, 0.717) is 12.4 Å². The second-order valence-electron chi connectivity index (χ2n) is 4.75. The summed E-state index contributed by atoms with van der Waals surface area (Å²) in [6, 6.07) is 1.96. The summed E-state index contributed by atoms with van der Waals surface area (Å²) < 4.78 is 6.01. The molecular weight excluding hydrogens is 432 g/mol. The number of rotatable bonds is 5. The van der Waals surface area contributed by atoms with Crippen LogP contribution in [0.25, 0.3) is 16.6 Å². The summed E-state index contributed by atoms with van der Waals surface area (Å²) in [5, 5.41) is 6.31. The Labute approximate surface area is 159 Å². The molecule has 2 aromatic rings. The lowest BCUT2D eigenvalue weighted by molar-refractivity contribution is -0.142. The van der Waals surface area contributed by atoms with Crippen LogP contribution in [0.3, 0.4) is 0 Å². The van der Waals surface area contributed by atoms with Crippen molar-refractivity contribution in [2.45, 2.75) is 13.3 Å². The van der Waals surface area contributed by atoms with E-state index in [-0.39, 0.29) is 18.3 Å². The van der Waals surface area contributed by atoms with E-state index in [1.807, 2.05) is 17.5 Å². The molecule has 0 radical (unpaired) electrons. The van der Waals surface area contributed by atoms with Crippen molar-refractivity contribution in [2.24, 2.45) is 0 Å². The Hall–Kier alpha value is -1.16. The average Bonchev–Trinajstić information content (AvgIpc) is 3.21. The fraction of sp³-hybridized carbons (Fsp3) is 0.267. The smallest absolute Gasteiger partial charge is 0.311 e. The molecule has 1 aliphatic heterocycles. The van der Waals surface area contributed by atoms with Crippen LogP contribution in [0.5, 0.6) is 0 Å². The van der Waals surface area contributed by atoms with Gasteiger partial charge in [0.05, 0.1) is 34.4 Å². The van der Waals surface area contributed by atoms with Crippen molar-refractivity contribution in [1.82, 2.24) is 10.3 Å². The third-order valence-corrected chi connectivity index (χ3v) is 6.82. The first-order valence-electron chi connectivity index (χ1n) is 7.10. The minimum atomic E-state index is -0.266. The van der Waals surface area contributed by atoms with E-state index < -0.39 is 0 Å². The Morgan fingerprint density at radius 3 is 3.00 bits per heavy atom. The van der Waals surface area contributed by atoms with Gasteiger partial charge in [-0.05, 0) is 34.3 Å². The van der Waals surface area contributed by atoms with Crippen molar-refractivity contribution in [3.8, 4) is 10.6 Å². The topological polar surface area (TPSA) is 68.3 Å². The molecule has 0 bridgehead atoms. The van der Waals surface area contributed by atoms with Crippen LogP contribution in [-0.4, -0.2) is 29.2 Å². The standard InChI is InChI=1S/C15H13BrN2O3S3/c1-2-21-13(20)5-9-14(15-8(16)3-4-22-15)18-12(24-9)6-11-17-10(19)7-23-11/h3-4,6H,2,5,7H2,1H3,(H,17,19)/b11-6+. The lowest BCUT2D eigenvalue weighted by Crippen LogP contribution is -2.13. The highest BCUT2D eigenvalue weighted by atomic mass is 79.9. The molecule has 1 aliphatic rings. The monoisotopic (exact) mass is 444 g/mol. The van der Waals surface area contributed by atoms with Crippen molar-refractivity contribution in [3.63, 3.8) is 0 Å². The average molecular weight is 445 g/mol. The van der Waals surface area contributed by atoms with Gasteiger partial charge in [-0.25, -0.2) is 4.98 Å². The molecule has 2 aromatic heterocycles. The Kier molecular flexibility index (Phi) is 5.75. The van der Waals surface area contributed by atoms with Crippen LogP contribution in [0.1, 0.15) is 16.8 Å². The molecule has 9 heteroatoms. The molecule has 0 aliphatic carbocycles. The highest BCUT2D eigenvalue weighted by Gasteiger charge is 2.20. The predicted octanol–water partition coefficient (Wildman–Crippen LogP) is 3.90. The number of carbonyl (C=O) groups is 2. The summed E-state index contributed by atoms with van der Waals surface area (Å²) in [6.45, 7) is 2.15. The first-order valence-corrected chi connectivity index (χ1v) is 10.6. The second-order valence-corrected chi connectivity index (χ2v) is 8.65. The number of halogens is 1. The van der Waals surface area contributed by atoms with Gasteiger partial charge >= 0.3 is 5.97 Å². The normalized spacial score (nSPS) is 15.8. The molecule has 3 rings (SSSR count). The van der Waals surface area contributed by atoms with E-state index in [2.05, 4.69) is 26.2 Å². The van der Waals surface area contributed by atoms with Crippen LogP contribution >= 0.6 is 50.4 Å². The molecule has 1 saturated heterocycles. The molecule has 0 unspecified atom stereocenters. The van der Waals surface area contributed by atoms with E-state index >= 15 is 0 Å². The minimum absolute atomic E-state index is 0.00391. The van der Waals surface area contributed by atoms with Gasteiger partial charge in [0.2, 0.25) is 5.91 Å². The SMILES string of the molecule is CCOC(=O)Cc1sc(/C=C2\NC(=O)CS2)nc1-c1sccc1Br. The molecule has 0 atom stereocenters. The molecule has 1 N–H and O–H groups in total. The molecule has 0 spiro atoms. The second kappa shape index (κ2) is 7.81. The van der Waals surface area contributed by atoms with Gasteiger partial charge < -0.3 is 10.1 Å². The van der Waals surface area contributed by atoms with E-state index in [9.17, 15) is 9.59 Å². The number of carbonyl (C=O) groups excluding carboxylic acids is 2. The van der Waals surface area contributed by atoms with Crippen molar-refractivity contribution in [2.75, 3.05) is 12.4 Å². The van der Waals surface area contributed by atoms with Crippen molar-refractivity contribution < 1.29 is 14.3 Å². The summed E-state index contributed by atoms with van der Waals surface area (Å²) in [7, 11) is 0. The third-order valence-electron chi connectivity index (χ3n) is 3.03. The minimum Gasteiger partial charge on any atom is -0.466 e. The number of thioether (sulfide) groups is 1. The Bertz CT molecular complexity index is 813. The maximum Gasteiger partial charge on any atom is 0.311 e. The quantitative estimate of drug-likeness (QED) is 0.708. The number of ether oxygens (including phenoxy) is 1. The number of esters is 1. The fourth-order valence-electron chi connectivity index (χ4n) is 2.08. The van der Waals surface area contributed by atoms with Crippen LogP contribution < -0.4 is 5.32 Å². The maximum absolute atomic E-state index is 11.9. The van der Waals surface area contributed by atoms with Crippen LogP contribution in [0.2, 0.25) is 0 Å². The van der Waals surface area contributed by atoms with Gasteiger partial charge in [-0.3, -0.25) is 9.59 Å². The van der Waals surface area contributed by atoms with Gasteiger partial charge in [-0.15, -0.1) is 22.7 Å². The third kappa shape index (κ3) is 4.08. The fourth-order valence-corrected chi connectivity index (χ4v) is 5.53. The number of hydrogen-bond acceptors (Lipinski definition) is 7. The molecule has 0 saturated carbocycles. The van der Waals surface area contributed by atoms with Crippen LogP contribution in [0.4, 0.5) is 0 Å². The largest absolute Gasteiger partial charge is 0.466 e. The van der Waals surface area contributed by atoms with E-state index in [0.717, 1.165) is 30.0 Å². The summed E-state index contributed by atoms with van der Waals surface area (Å²) in [5.74, 6) is 0.157. The van der Waals surface area contributed by atoms with Crippen molar-refractivity contribution >= 4 is 68.3 Å². The molecule has 1 fully saturated rings. The summed E-state index contributed by atoms with van der Waals surface area (Å²) in [5.41, 5.74) is 0.788. The van der Waals surface area contributed by atoms with Crippen molar-refractivity contribution in [3.05, 3.63) is 30.8 Å². The molecule has 0 aromatic carbocycles. The Morgan fingerprint density at radius 1 is 1.54 bits per heavy atom. The number of thiophene rings is 1. The first-order chi connectivity index (χ1) is 11.6. The van der Waals surface area contributed by atoms with Crippen LogP contribution in [0.15, 0.2) is 20.9 Å². The number of aromatic nitrogens is 1. The van der Waals surface area contributed by atoms with Gasteiger partial charge in [0.25, 0.3) is 0 Å². The first kappa shape index (κ1) is 17.7. The van der Waals surface area contributed by atoms with E-state index in [1.54, 1.807) is 18.3 Å². The summed E-state index contributed by atoms with van der Waals surface area (Å²) in [6.07, 6.45) is 2.04. The molecular formula is C15H13BrN2O3S3. The zero-order valence-corrected chi connectivity index (χ0v) is 16.7. The van der Waals surface area contributed by atoms with Gasteiger partial charge in [0.15, 0.2) is 0 Å². The highest BCUT2D eigenvalue weighted by molar-refractivity contribution is 9.10. The zero-order chi connectivity index (χ0) is 17.1. The van der Waals surface area contributed by atoms with Crippen molar-refractivity contribution in [1.29, 1.82) is 0 Å². The Balaban J connectivity index is 1.94. The lowest BCUT2D eigenvalue weighted by atomic mass is 10.2. The number of nitrogens with one attached hydrogen (secondary N) is 1. The van der Waals surface area contributed by atoms with E-state index in [4.69, 9.17) is 4.74 Å². The molecule has 126 valence electrons.